The molecule has 0 saturated carbocycles. The van der Waals surface area contributed by atoms with Gasteiger partial charge in [-0.15, -0.1) is 0 Å². The van der Waals surface area contributed by atoms with Crippen LogP contribution in [0.15, 0.2) is 23.8 Å². The first-order valence-corrected chi connectivity index (χ1v) is 7.89. The van der Waals surface area contributed by atoms with Crippen molar-refractivity contribution < 1.29 is 19.4 Å². The van der Waals surface area contributed by atoms with E-state index in [1.54, 1.807) is 6.08 Å². The lowest BCUT2D eigenvalue weighted by molar-refractivity contribution is -0.148. The number of carboxylic acids is 1. The number of rotatable bonds is 5. The molecule has 0 unspecified atom stereocenters. The van der Waals surface area contributed by atoms with Crippen LogP contribution >= 0.6 is 0 Å². The summed E-state index contributed by atoms with van der Waals surface area (Å²) in [6.07, 6.45) is 7.23. The Morgan fingerprint density at radius 1 is 1.59 bits per heavy atom. The lowest BCUT2D eigenvalue weighted by Crippen LogP contribution is -2.40. The first-order chi connectivity index (χ1) is 10.4. The Kier molecular flexibility index (Phi) is 3.63. The van der Waals surface area contributed by atoms with Gasteiger partial charge < -0.3 is 14.7 Å². The lowest BCUT2D eigenvalue weighted by atomic mass is 9.77. The number of carbonyl (C=O) groups is 2. The number of allylic oxidation sites excluding steroid dienone is 2. The Morgan fingerprint density at radius 2 is 2.32 bits per heavy atom. The number of likely N-dealkylation sites (tertiary alicyclic amines) is 1. The Morgan fingerprint density at radius 3 is 2.95 bits per heavy atom. The Balaban J connectivity index is 1.76. The van der Waals surface area contributed by atoms with E-state index >= 15 is 0 Å². The van der Waals surface area contributed by atoms with Crippen molar-refractivity contribution in [2.75, 3.05) is 6.54 Å². The molecule has 0 aromatic rings. The SMILES string of the molecule is CC(C)=CCC[C@@H](C)N1C[C@@]23C=C[C@H](O2)[C@H](C(=O)O)[C@@H]3C1=O. The van der Waals surface area contributed by atoms with E-state index in [9.17, 15) is 14.7 Å². The van der Waals surface area contributed by atoms with Crippen LogP contribution in [0.25, 0.3) is 0 Å². The van der Waals surface area contributed by atoms with Gasteiger partial charge in [0.25, 0.3) is 0 Å². The van der Waals surface area contributed by atoms with Crippen molar-refractivity contribution >= 4 is 11.9 Å². The van der Waals surface area contributed by atoms with Crippen molar-refractivity contribution in [3.05, 3.63) is 23.8 Å². The molecule has 1 spiro atoms. The molecule has 2 fully saturated rings. The molecule has 1 N–H and O–H groups in total. The molecule has 3 aliphatic heterocycles. The minimum absolute atomic E-state index is 0.0658. The maximum atomic E-state index is 12.8. The molecule has 0 aliphatic carbocycles. The van der Waals surface area contributed by atoms with E-state index in [1.165, 1.54) is 5.57 Å². The molecule has 22 heavy (non-hydrogen) atoms. The van der Waals surface area contributed by atoms with Gasteiger partial charge in [0, 0.05) is 6.04 Å². The number of nitrogens with zero attached hydrogens (tertiary/aromatic N) is 1. The van der Waals surface area contributed by atoms with Crippen LogP contribution < -0.4 is 0 Å². The predicted molar refractivity (Wildman–Crippen MR) is 81.2 cm³/mol. The quantitative estimate of drug-likeness (QED) is 0.789. The Hall–Kier alpha value is -1.62. The molecule has 5 heteroatoms. The molecule has 5 nitrogen and oxygen atoms in total. The van der Waals surface area contributed by atoms with Crippen molar-refractivity contribution in [3.63, 3.8) is 0 Å². The van der Waals surface area contributed by atoms with Crippen LogP contribution in [0.2, 0.25) is 0 Å². The van der Waals surface area contributed by atoms with Crippen molar-refractivity contribution in [2.24, 2.45) is 11.8 Å². The molecule has 5 atom stereocenters. The molecule has 3 aliphatic rings. The number of carboxylic acid groups (broad SMARTS) is 1. The molecule has 2 bridgehead atoms. The minimum atomic E-state index is -0.936. The molecular formula is C17H23NO4. The molecule has 3 rings (SSSR count). The molecule has 0 aromatic heterocycles. The van der Waals surface area contributed by atoms with Crippen LogP contribution in [-0.4, -0.2) is 46.2 Å². The average Bonchev–Trinajstić information content (AvgIpc) is 3.06. The highest BCUT2D eigenvalue weighted by molar-refractivity contribution is 5.90. The Bertz CT molecular complexity index is 563. The summed E-state index contributed by atoms with van der Waals surface area (Å²) < 4.78 is 5.88. The van der Waals surface area contributed by atoms with E-state index in [0.717, 1.165) is 12.8 Å². The third-order valence-electron chi connectivity index (χ3n) is 5.08. The first-order valence-electron chi connectivity index (χ1n) is 7.89. The van der Waals surface area contributed by atoms with E-state index in [2.05, 4.69) is 19.9 Å². The van der Waals surface area contributed by atoms with Crippen molar-refractivity contribution in [2.45, 2.75) is 51.4 Å². The summed E-state index contributed by atoms with van der Waals surface area (Å²) in [5.41, 5.74) is 0.557. The van der Waals surface area contributed by atoms with Crippen molar-refractivity contribution in [1.29, 1.82) is 0 Å². The molecule has 3 heterocycles. The van der Waals surface area contributed by atoms with Gasteiger partial charge in [-0.05, 0) is 33.6 Å². The number of fused-ring (bicyclic) bond motifs is 1. The molecule has 2 saturated heterocycles. The van der Waals surface area contributed by atoms with Gasteiger partial charge in [0.15, 0.2) is 0 Å². The monoisotopic (exact) mass is 305 g/mol. The van der Waals surface area contributed by atoms with Crippen molar-refractivity contribution in [3.8, 4) is 0 Å². The summed E-state index contributed by atoms with van der Waals surface area (Å²) in [5.74, 6) is -2.31. The number of hydrogen-bond acceptors (Lipinski definition) is 3. The first kappa shape index (κ1) is 15.3. The maximum absolute atomic E-state index is 12.8. The summed E-state index contributed by atoms with van der Waals surface area (Å²) in [5, 5.41) is 9.43. The third kappa shape index (κ3) is 2.19. The Labute approximate surface area is 130 Å². The second-order valence-corrected chi connectivity index (χ2v) is 6.91. The fourth-order valence-corrected chi connectivity index (χ4v) is 3.95. The fourth-order valence-electron chi connectivity index (χ4n) is 3.95. The van der Waals surface area contributed by atoms with Gasteiger partial charge in [-0.3, -0.25) is 9.59 Å². The average molecular weight is 305 g/mol. The molecular weight excluding hydrogens is 282 g/mol. The minimum Gasteiger partial charge on any atom is -0.481 e. The van der Waals surface area contributed by atoms with Crippen LogP contribution in [0.1, 0.15) is 33.6 Å². The topological polar surface area (TPSA) is 66.8 Å². The summed E-state index contributed by atoms with van der Waals surface area (Å²) in [7, 11) is 0. The summed E-state index contributed by atoms with van der Waals surface area (Å²) >= 11 is 0. The molecule has 120 valence electrons. The zero-order chi connectivity index (χ0) is 16.1. The second-order valence-electron chi connectivity index (χ2n) is 6.91. The van der Waals surface area contributed by atoms with Gasteiger partial charge in [-0.2, -0.15) is 0 Å². The maximum Gasteiger partial charge on any atom is 0.310 e. The van der Waals surface area contributed by atoms with Crippen LogP contribution in [0.5, 0.6) is 0 Å². The lowest BCUT2D eigenvalue weighted by Gasteiger charge is -2.27. The highest BCUT2D eigenvalue weighted by atomic mass is 16.5. The highest BCUT2D eigenvalue weighted by Crippen LogP contribution is 2.52. The second kappa shape index (κ2) is 5.23. The summed E-state index contributed by atoms with van der Waals surface area (Å²) in [6.45, 7) is 6.62. The largest absolute Gasteiger partial charge is 0.481 e. The van der Waals surface area contributed by atoms with Gasteiger partial charge in [0.2, 0.25) is 5.91 Å². The number of ether oxygens (including phenoxy) is 1. The number of carbonyl (C=O) groups excluding carboxylic acids is 1. The third-order valence-corrected chi connectivity index (χ3v) is 5.08. The zero-order valence-corrected chi connectivity index (χ0v) is 13.3. The van der Waals surface area contributed by atoms with Crippen LogP contribution in [0.3, 0.4) is 0 Å². The van der Waals surface area contributed by atoms with Crippen LogP contribution in [0.4, 0.5) is 0 Å². The number of aliphatic carboxylic acids is 1. The number of hydrogen-bond donors (Lipinski definition) is 1. The summed E-state index contributed by atoms with van der Waals surface area (Å²) in [6, 6.07) is 0.0913. The van der Waals surface area contributed by atoms with Crippen LogP contribution in [0, 0.1) is 11.8 Å². The molecule has 0 radical (unpaired) electrons. The van der Waals surface area contributed by atoms with Crippen LogP contribution in [-0.2, 0) is 14.3 Å². The highest BCUT2D eigenvalue weighted by Gasteiger charge is 2.67. The predicted octanol–water partition coefficient (Wildman–Crippen LogP) is 1.99. The van der Waals surface area contributed by atoms with Gasteiger partial charge in [0.05, 0.1) is 18.6 Å². The van der Waals surface area contributed by atoms with E-state index in [4.69, 9.17) is 4.74 Å². The van der Waals surface area contributed by atoms with E-state index in [0.29, 0.717) is 6.54 Å². The van der Waals surface area contributed by atoms with Crippen molar-refractivity contribution in [1.82, 2.24) is 4.90 Å². The van der Waals surface area contributed by atoms with E-state index < -0.39 is 29.5 Å². The van der Waals surface area contributed by atoms with Gasteiger partial charge in [-0.1, -0.05) is 23.8 Å². The normalized spacial score (nSPS) is 36.6. The zero-order valence-electron chi connectivity index (χ0n) is 13.3. The van der Waals surface area contributed by atoms with E-state index in [1.807, 2.05) is 17.9 Å². The molecule has 1 amide bonds. The van der Waals surface area contributed by atoms with E-state index in [-0.39, 0.29) is 11.9 Å². The standard InChI is InChI=1S/C17H23NO4/c1-10(2)5-4-6-11(3)18-9-17-8-7-12(22-17)13(16(20)21)14(17)15(18)19/h5,7-8,11-14H,4,6,9H2,1-3H3,(H,20,21)/t11-,12+,13+,14-,17-/m1/s1. The smallest absolute Gasteiger partial charge is 0.310 e. The fraction of sp³-hybridized carbons (Fsp3) is 0.647. The van der Waals surface area contributed by atoms with Gasteiger partial charge >= 0.3 is 5.97 Å². The van der Waals surface area contributed by atoms with Gasteiger partial charge in [-0.25, -0.2) is 0 Å². The van der Waals surface area contributed by atoms with Gasteiger partial charge in [0.1, 0.15) is 11.5 Å². The molecule has 0 aromatic carbocycles. The number of amides is 1. The summed E-state index contributed by atoms with van der Waals surface area (Å²) in [4.78, 5) is 26.1.